The third-order valence-corrected chi connectivity index (χ3v) is 8.28. The summed E-state index contributed by atoms with van der Waals surface area (Å²) in [5.41, 5.74) is 2.11. The van der Waals surface area contributed by atoms with E-state index in [4.69, 9.17) is 0 Å². The summed E-state index contributed by atoms with van der Waals surface area (Å²) in [6.07, 6.45) is 0.612. The fraction of sp³-hybridized carbons (Fsp3) is 0.222. The number of benzene rings is 2. The third kappa shape index (κ3) is 1.55. The van der Waals surface area contributed by atoms with Gasteiger partial charge in [0.25, 0.3) is 0 Å². The van der Waals surface area contributed by atoms with Gasteiger partial charge in [-0.1, -0.05) is 86.5 Å². The molecule has 0 amide bonds. The Kier molecular flexibility index (Phi) is 3.01. The number of fused-ring (bicyclic) bond motifs is 2. The number of rotatable bonds is 1. The minimum absolute atomic E-state index is 0.00763. The molecule has 4 heteroatoms. The zero-order valence-corrected chi connectivity index (χ0v) is 14.7. The smallest absolute Gasteiger partial charge is 0.182 e. The van der Waals surface area contributed by atoms with E-state index < -0.39 is 8.65 Å². The summed E-state index contributed by atoms with van der Waals surface area (Å²) in [5.74, 6) is -0.0377. The number of hydrogen-bond donors (Lipinski definition) is 0. The van der Waals surface area contributed by atoms with Crippen LogP contribution in [0.5, 0.6) is 0 Å². The molecule has 2 aliphatic carbocycles. The van der Waals surface area contributed by atoms with Crippen molar-refractivity contribution in [3.8, 4) is 0 Å². The normalized spacial score (nSPS) is 32.9. The first-order valence-corrected chi connectivity index (χ1v) is 8.70. The van der Waals surface area contributed by atoms with Crippen LogP contribution in [0, 0.1) is 0 Å². The van der Waals surface area contributed by atoms with Gasteiger partial charge < -0.3 is 0 Å². The van der Waals surface area contributed by atoms with E-state index in [1.54, 1.807) is 24.3 Å². The summed E-state index contributed by atoms with van der Waals surface area (Å²) >= 11 is 7.26. The van der Waals surface area contributed by atoms with Gasteiger partial charge in [-0.3, -0.25) is 9.59 Å². The summed E-state index contributed by atoms with van der Waals surface area (Å²) in [4.78, 5) is 26.0. The van der Waals surface area contributed by atoms with Gasteiger partial charge in [-0.15, -0.1) is 0 Å². The number of Topliss-reactive ketones (excluding diaryl/α,β-unsaturated/α-hetero) is 2. The Morgan fingerprint density at radius 3 is 2.00 bits per heavy atom. The lowest BCUT2D eigenvalue weighted by atomic mass is 9.54. The molecule has 0 saturated heterocycles. The molecule has 2 aromatic carbocycles. The highest BCUT2D eigenvalue weighted by Gasteiger charge is 2.73. The zero-order chi connectivity index (χ0) is 15.5. The minimum atomic E-state index is -0.910. The first kappa shape index (κ1) is 14.3. The molecule has 1 fully saturated rings. The van der Waals surface area contributed by atoms with Gasteiger partial charge in [-0.2, -0.15) is 0 Å². The molecule has 0 spiro atoms. The lowest BCUT2D eigenvalue weighted by molar-refractivity contribution is 0.0672. The first-order chi connectivity index (χ1) is 10.5. The number of hydrogen-bond acceptors (Lipinski definition) is 2. The van der Waals surface area contributed by atoms with Crippen LogP contribution in [0.1, 0.15) is 38.6 Å². The monoisotopic (exact) mass is 418 g/mol. The number of alkyl halides is 2. The van der Waals surface area contributed by atoms with Crippen LogP contribution < -0.4 is 0 Å². The van der Waals surface area contributed by atoms with Crippen molar-refractivity contribution in [3.63, 3.8) is 0 Å². The maximum atomic E-state index is 13.1. The van der Waals surface area contributed by atoms with Crippen LogP contribution in [-0.4, -0.2) is 20.2 Å². The Balaban J connectivity index is 1.89. The summed E-state index contributed by atoms with van der Waals surface area (Å²) in [6, 6.07) is 17.0. The van der Waals surface area contributed by atoms with Crippen molar-refractivity contribution in [2.45, 2.75) is 21.0 Å². The Labute approximate surface area is 145 Å². The van der Waals surface area contributed by atoms with Gasteiger partial charge in [0.2, 0.25) is 0 Å². The van der Waals surface area contributed by atoms with Crippen LogP contribution in [0.4, 0.5) is 0 Å². The molecule has 0 radical (unpaired) electrons. The molecule has 0 aromatic heterocycles. The number of carbonyl (C=O) groups is 2. The number of halogens is 2. The van der Waals surface area contributed by atoms with Crippen LogP contribution in [0.15, 0.2) is 54.6 Å². The maximum absolute atomic E-state index is 13.1. The Bertz CT molecular complexity index is 802. The molecule has 0 N–H and O–H groups in total. The highest BCUT2D eigenvalue weighted by molar-refractivity contribution is 9.13. The molecule has 2 aliphatic rings. The summed E-state index contributed by atoms with van der Waals surface area (Å²) in [7, 11) is 0. The fourth-order valence-electron chi connectivity index (χ4n) is 3.63. The second-order valence-corrected chi connectivity index (χ2v) is 8.49. The van der Waals surface area contributed by atoms with E-state index in [1.165, 1.54) is 0 Å². The molecule has 0 unspecified atom stereocenters. The molecule has 3 atom stereocenters. The van der Waals surface area contributed by atoms with Crippen molar-refractivity contribution in [2.24, 2.45) is 0 Å². The largest absolute Gasteiger partial charge is 0.292 e. The van der Waals surface area contributed by atoms with E-state index in [0.29, 0.717) is 17.5 Å². The molecule has 22 heavy (non-hydrogen) atoms. The summed E-state index contributed by atoms with van der Waals surface area (Å²) in [6.45, 7) is 0. The average molecular weight is 420 g/mol. The van der Waals surface area contributed by atoms with Gasteiger partial charge in [0, 0.05) is 17.0 Å². The van der Waals surface area contributed by atoms with E-state index in [-0.39, 0.29) is 17.5 Å². The van der Waals surface area contributed by atoms with Gasteiger partial charge in [-0.05, 0) is 12.0 Å². The Hall–Kier alpha value is -1.26. The molecule has 2 nitrogen and oxygen atoms in total. The number of carbonyl (C=O) groups excluding carboxylic acids is 2. The third-order valence-electron chi connectivity index (χ3n) is 4.85. The second kappa shape index (κ2) is 4.62. The Morgan fingerprint density at radius 1 is 0.818 bits per heavy atom. The van der Waals surface area contributed by atoms with Crippen molar-refractivity contribution in [1.29, 1.82) is 0 Å². The molecule has 1 saturated carbocycles. The lowest BCUT2D eigenvalue weighted by Gasteiger charge is -2.58. The van der Waals surface area contributed by atoms with Gasteiger partial charge in [0.05, 0.1) is 0 Å². The maximum Gasteiger partial charge on any atom is 0.182 e. The van der Waals surface area contributed by atoms with Crippen molar-refractivity contribution in [1.82, 2.24) is 0 Å². The van der Waals surface area contributed by atoms with Gasteiger partial charge in [-0.25, -0.2) is 0 Å². The van der Waals surface area contributed by atoms with Crippen molar-refractivity contribution < 1.29 is 9.59 Å². The highest BCUT2D eigenvalue weighted by Crippen LogP contribution is 2.66. The van der Waals surface area contributed by atoms with Crippen LogP contribution in [0.2, 0.25) is 0 Å². The molecule has 0 aliphatic heterocycles. The van der Waals surface area contributed by atoms with Crippen molar-refractivity contribution in [2.75, 3.05) is 0 Å². The predicted molar refractivity (Wildman–Crippen MR) is 92.2 cm³/mol. The predicted octanol–water partition coefficient (Wildman–Crippen LogP) is 4.52. The molecule has 110 valence electrons. The average Bonchev–Trinajstić information content (AvgIpc) is 2.57. The van der Waals surface area contributed by atoms with Crippen LogP contribution in [0.25, 0.3) is 0 Å². The van der Waals surface area contributed by atoms with Gasteiger partial charge in [0.15, 0.2) is 11.6 Å². The standard InChI is InChI=1S/C18H12Br2O2/c19-17-10-14(11-6-2-1-3-7-11)18(17,20)16(22)13-9-5-4-8-12(13)15(17)21/h1-9,14H,10H2/t14-,17-,18+/m0/s1. The van der Waals surface area contributed by atoms with Gasteiger partial charge >= 0.3 is 0 Å². The van der Waals surface area contributed by atoms with E-state index in [1.807, 2.05) is 30.3 Å². The SMILES string of the molecule is O=C1c2ccccc2C(=O)[C@]2(Br)[C@H](c3ccccc3)C[C@]12Br. The van der Waals surface area contributed by atoms with Crippen molar-refractivity contribution >= 4 is 43.4 Å². The molecule has 4 rings (SSSR count). The topological polar surface area (TPSA) is 34.1 Å². The molecule has 0 heterocycles. The quantitative estimate of drug-likeness (QED) is 0.636. The van der Waals surface area contributed by atoms with Crippen LogP contribution >= 0.6 is 31.9 Å². The van der Waals surface area contributed by atoms with E-state index in [2.05, 4.69) is 31.9 Å². The van der Waals surface area contributed by atoms with Crippen LogP contribution in [0.3, 0.4) is 0 Å². The second-order valence-electron chi connectivity index (χ2n) is 5.88. The first-order valence-electron chi connectivity index (χ1n) is 7.11. The molecular weight excluding hydrogens is 408 g/mol. The lowest BCUT2D eigenvalue weighted by Crippen LogP contribution is -2.70. The van der Waals surface area contributed by atoms with Crippen LogP contribution in [-0.2, 0) is 0 Å². The fourth-order valence-corrected chi connectivity index (χ4v) is 5.61. The van der Waals surface area contributed by atoms with E-state index in [9.17, 15) is 9.59 Å². The summed E-state index contributed by atoms with van der Waals surface area (Å²) in [5, 5.41) is 0. The van der Waals surface area contributed by atoms with E-state index in [0.717, 1.165) is 5.56 Å². The highest BCUT2D eigenvalue weighted by atomic mass is 79.9. The molecule has 2 aromatic rings. The molecule has 0 bridgehead atoms. The van der Waals surface area contributed by atoms with Gasteiger partial charge in [0.1, 0.15) is 8.65 Å². The van der Waals surface area contributed by atoms with Crippen molar-refractivity contribution in [3.05, 3.63) is 71.3 Å². The zero-order valence-electron chi connectivity index (χ0n) is 11.6. The summed E-state index contributed by atoms with van der Waals surface area (Å²) < 4.78 is -1.77. The minimum Gasteiger partial charge on any atom is -0.292 e. The Morgan fingerprint density at radius 2 is 1.36 bits per heavy atom. The number of ketones is 2. The molecular formula is C18H12Br2O2. The van der Waals surface area contributed by atoms with E-state index >= 15 is 0 Å².